The molecule has 0 bridgehead atoms. The number of ketones is 1. The lowest BCUT2D eigenvalue weighted by Gasteiger charge is -2.28. The first-order chi connectivity index (χ1) is 6.69. The van der Waals surface area contributed by atoms with Gasteiger partial charge in [0.2, 0.25) is 0 Å². The quantitative estimate of drug-likeness (QED) is 0.357. The number of aliphatic hydroxyl groups is 1. The Hall–Kier alpha value is -1.20. The molecule has 0 saturated heterocycles. The van der Waals surface area contributed by atoms with E-state index in [4.69, 9.17) is 5.11 Å². The maximum Gasteiger partial charge on any atom is 0.317 e. The van der Waals surface area contributed by atoms with Gasteiger partial charge in [-0.25, -0.2) is 0 Å². The number of carbonyl (C=O) groups is 2. The Balaban J connectivity index is 4.71. The van der Waals surface area contributed by atoms with Gasteiger partial charge < -0.3 is 14.7 Å². The van der Waals surface area contributed by atoms with Crippen LogP contribution < -0.4 is 0 Å². The number of hydrogen-bond acceptors (Lipinski definition) is 3. The average molecular weight is 216 g/mol. The summed E-state index contributed by atoms with van der Waals surface area (Å²) in [4.78, 5) is 22.0. The maximum atomic E-state index is 11.2. The zero-order chi connectivity index (χ0) is 12.2. The molecular formula is C10H18NO4+. The number of allylic oxidation sites excluding steroid dienone is 1. The number of rotatable bonds is 6. The first kappa shape index (κ1) is 13.8. The number of carboxylic acid groups (broad SMARTS) is 1. The molecule has 0 heterocycles. The number of carbonyl (C=O) groups excluding carboxylic acids is 1. The van der Waals surface area contributed by atoms with E-state index in [1.54, 1.807) is 21.1 Å². The van der Waals surface area contributed by atoms with Crippen molar-refractivity contribution >= 4 is 11.8 Å². The predicted molar refractivity (Wildman–Crippen MR) is 55.2 cm³/mol. The Morgan fingerprint density at radius 1 is 1.40 bits per heavy atom. The maximum absolute atomic E-state index is 11.2. The molecule has 0 saturated carbocycles. The molecule has 0 spiro atoms. The van der Waals surface area contributed by atoms with Crippen molar-refractivity contribution in [3.8, 4) is 0 Å². The number of quaternary nitrogens is 1. The fraction of sp³-hybridized carbons (Fsp3) is 0.600. The monoisotopic (exact) mass is 216 g/mol. The molecule has 86 valence electrons. The second kappa shape index (κ2) is 5.04. The highest BCUT2D eigenvalue weighted by molar-refractivity contribution is 6.04. The molecule has 0 aromatic rings. The van der Waals surface area contributed by atoms with E-state index in [0.29, 0.717) is 4.48 Å². The zero-order valence-electron chi connectivity index (χ0n) is 9.30. The van der Waals surface area contributed by atoms with Gasteiger partial charge in [-0.15, -0.1) is 0 Å². The van der Waals surface area contributed by atoms with E-state index in [-0.39, 0.29) is 6.54 Å². The van der Waals surface area contributed by atoms with E-state index in [9.17, 15) is 14.7 Å². The summed E-state index contributed by atoms with van der Waals surface area (Å²) in [5.74, 6) is -3.40. The highest BCUT2D eigenvalue weighted by atomic mass is 16.4. The number of aliphatic hydroxyl groups excluding tert-OH is 1. The number of nitrogens with zero attached hydrogens (tertiary/aromatic N) is 1. The number of hydrogen-bond donors (Lipinski definition) is 2. The SMILES string of the molecule is C=CC(=O)C(C(=O)O)C(O)C[N+](C)(C)C. The van der Waals surface area contributed by atoms with Crippen LogP contribution in [-0.4, -0.2) is 60.2 Å². The Bertz CT molecular complexity index is 267. The molecule has 0 rings (SSSR count). The fourth-order valence-corrected chi connectivity index (χ4v) is 1.27. The molecule has 0 aromatic heterocycles. The molecule has 0 aliphatic rings. The van der Waals surface area contributed by atoms with Crippen LogP contribution in [0.4, 0.5) is 0 Å². The molecule has 2 atom stereocenters. The molecular weight excluding hydrogens is 198 g/mol. The largest absolute Gasteiger partial charge is 0.481 e. The summed E-state index contributed by atoms with van der Waals surface area (Å²) in [6.45, 7) is 3.40. The molecule has 2 N–H and O–H groups in total. The Kier molecular flexibility index (Phi) is 4.64. The van der Waals surface area contributed by atoms with Crippen LogP contribution in [0.25, 0.3) is 0 Å². The third-order valence-corrected chi connectivity index (χ3v) is 1.89. The van der Waals surface area contributed by atoms with Gasteiger partial charge in [0.25, 0.3) is 0 Å². The van der Waals surface area contributed by atoms with Crippen molar-refractivity contribution < 1.29 is 24.3 Å². The highest BCUT2D eigenvalue weighted by Gasteiger charge is 2.35. The van der Waals surface area contributed by atoms with Crippen molar-refractivity contribution in [2.24, 2.45) is 5.92 Å². The van der Waals surface area contributed by atoms with E-state index in [1.165, 1.54) is 0 Å². The van der Waals surface area contributed by atoms with Crippen molar-refractivity contribution in [1.82, 2.24) is 0 Å². The van der Waals surface area contributed by atoms with Gasteiger partial charge in [0.15, 0.2) is 11.7 Å². The normalized spacial score (nSPS) is 15.5. The van der Waals surface area contributed by atoms with Crippen molar-refractivity contribution in [2.45, 2.75) is 6.10 Å². The van der Waals surface area contributed by atoms with Crippen LogP contribution in [0.1, 0.15) is 0 Å². The van der Waals surface area contributed by atoms with Gasteiger partial charge in [-0.1, -0.05) is 6.58 Å². The van der Waals surface area contributed by atoms with Gasteiger partial charge in [-0.3, -0.25) is 9.59 Å². The summed E-state index contributed by atoms with van der Waals surface area (Å²) in [5.41, 5.74) is 0. The van der Waals surface area contributed by atoms with Crippen LogP contribution in [0.2, 0.25) is 0 Å². The molecule has 5 heteroatoms. The predicted octanol–water partition coefficient (Wildman–Crippen LogP) is -0.491. The van der Waals surface area contributed by atoms with Gasteiger partial charge in [0.05, 0.1) is 21.1 Å². The minimum absolute atomic E-state index is 0.191. The lowest BCUT2D eigenvalue weighted by molar-refractivity contribution is -0.873. The second-order valence-electron chi connectivity index (χ2n) is 4.46. The third-order valence-electron chi connectivity index (χ3n) is 1.89. The third kappa shape index (κ3) is 4.71. The zero-order valence-corrected chi connectivity index (χ0v) is 9.30. The summed E-state index contributed by atoms with van der Waals surface area (Å²) < 4.78 is 0.384. The minimum Gasteiger partial charge on any atom is -0.481 e. The van der Waals surface area contributed by atoms with Crippen LogP contribution in [0.15, 0.2) is 12.7 Å². The van der Waals surface area contributed by atoms with Crippen LogP contribution in [-0.2, 0) is 9.59 Å². The average Bonchev–Trinajstić information content (AvgIpc) is 1.99. The molecule has 5 nitrogen and oxygen atoms in total. The highest BCUT2D eigenvalue weighted by Crippen LogP contribution is 2.10. The number of carboxylic acids is 1. The molecule has 2 unspecified atom stereocenters. The lowest BCUT2D eigenvalue weighted by atomic mass is 9.96. The van der Waals surface area contributed by atoms with E-state index in [2.05, 4.69) is 6.58 Å². The van der Waals surface area contributed by atoms with Crippen molar-refractivity contribution in [3.63, 3.8) is 0 Å². The van der Waals surface area contributed by atoms with Gasteiger partial charge in [0.1, 0.15) is 12.6 Å². The molecule has 15 heavy (non-hydrogen) atoms. The summed E-state index contributed by atoms with van der Waals surface area (Å²) >= 11 is 0. The standard InChI is InChI=1S/C10H17NO4/c1-5-7(12)9(10(14)15)8(13)6-11(2,3)4/h5,8-9,13H,1,6H2,2-4H3/p+1. The molecule has 0 radical (unpaired) electrons. The smallest absolute Gasteiger partial charge is 0.317 e. The molecule has 0 aromatic carbocycles. The number of aliphatic carboxylic acids is 1. The van der Waals surface area contributed by atoms with Gasteiger partial charge >= 0.3 is 5.97 Å². The summed E-state index contributed by atoms with van der Waals surface area (Å²) in [6.07, 6.45) is -0.273. The lowest BCUT2D eigenvalue weighted by Crippen LogP contribution is -2.47. The topological polar surface area (TPSA) is 74.6 Å². The summed E-state index contributed by atoms with van der Waals surface area (Å²) in [7, 11) is 5.42. The van der Waals surface area contributed by atoms with Crippen LogP contribution in [0.5, 0.6) is 0 Å². The van der Waals surface area contributed by atoms with Crippen LogP contribution in [0, 0.1) is 5.92 Å². The van der Waals surface area contributed by atoms with E-state index >= 15 is 0 Å². The van der Waals surface area contributed by atoms with Gasteiger partial charge in [-0.05, 0) is 6.08 Å². The van der Waals surface area contributed by atoms with Crippen molar-refractivity contribution in [3.05, 3.63) is 12.7 Å². The molecule has 0 aliphatic carbocycles. The number of likely N-dealkylation sites (N-methyl/N-ethyl adjacent to an activating group) is 1. The van der Waals surface area contributed by atoms with Gasteiger partial charge in [0, 0.05) is 0 Å². The minimum atomic E-state index is -1.42. The van der Waals surface area contributed by atoms with E-state index < -0.39 is 23.8 Å². The summed E-state index contributed by atoms with van der Waals surface area (Å²) in [6, 6.07) is 0. The first-order valence-electron chi connectivity index (χ1n) is 4.56. The first-order valence-corrected chi connectivity index (χ1v) is 4.56. The summed E-state index contributed by atoms with van der Waals surface area (Å²) in [5, 5.41) is 18.5. The van der Waals surface area contributed by atoms with Crippen molar-refractivity contribution in [2.75, 3.05) is 27.7 Å². The molecule has 0 amide bonds. The molecule has 0 aliphatic heterocycles. The second-order valence-corrected chi connectivity index (χ2v) is 4.46. The van der Waals surface area contributed by atoms with E-state index in [0.717, 1.165) is 6.08 Å². The van der Waals surface area contributed by atoms with Gasteiger partial charge in [-0.2, -0.15) is 0 Å². The fourth-order valence-electron chi connectivity index (χ4n) is 1.27. The van der Waals surface area contributed by atoms with Crippen LogP contribution in [0.3, 0.4) is 0 Å². The molecule has 0 fully saturated rings. The Morgan fingerprint density at radius 2 is 1.87 bits per heavy atom. The Morgan fingerprint density at radius 3 is 2.13 bits per heavy atom. The van der Waals surface area contributed by atoms with Crippen molar-refractivity contribution in [1.29, 1.82) is 0 Å². The Labute approximate surface area is 89.2 Å². The van der Waals surface area contributed by atoms with Crippen LogP contribution >= 0.6 is 0 Å². The van der Waals surface area contributed by atoms with E-state index in [1.807, 2.05) is 0 Å².